The van der Waals surface area contributed by atoms with Crippen molar-refractivity contribution in [3.05, 3.63) is 34.3 Å². The number of benzene rings is 1. The Morgan fingerprint density at radius 3 is 2.78 bits per heavy atom. The van der Waals surface area contributed by atoms with E-state index in [1.165, 1.54) is 0 Å². The molecular weight excluding hydrogens is 292 g/mol. The monoisotopic (exact) mass is 310 g/mol. The molecular formula is C14H19BrN2O. The number of carbonyl (C=O) groups is 1. The summed E-state index contributed by atoms with van der Waals surface area (Å²) in [6, 6.07) is 8.04. The molecule has 3 nitrogen and oxygen atoms in total. The molecule has 1 N–H and O–H groups in total. The highest BCUT2D eigenvalue weighted by Gasteiger charge is 2.31. The molecule has 0 saturated carbocycles. The molecule has 2 unspecified atom stereocenters. The second-order valence-electron chi connectivity index (χ2n) is 5.03. The SMILES string of the molecule is CC1CNCC1C(=O)N(C)Cc1ccccc1Br. The van der Waals surface area contributed by atoms with Crippen LogP contribution in [0.3, 0.4) is 0 Å². The molecule has 1 amide bonds. The number of nitrogens with one attached hydrogen (secondary N) is 1. The average molecular weight is 311 g/mol. The van der Waals surface area contributed by atoms with E-state index in [0.29, 0.717) is 12.5 Å². The van der Waals surface area contributed by atoms with E-state index in [1.807, 2.05) is 36.2 Å². The number of amides is 1. The third-order valence-electron chi connectivity index (χ3n) is 3.58. The van der Waals surface area contributed by atoms with E-state index < -0.39 is 0 Å². The van der Waals surface area contributed by atoms with Crippen LogP contribution >= 0.6 is 15.9 Å². The second kappa shape index (κ2) is 5.85. The molecule has 98 valence electrons. The number of hydrogen-bond acceptors (Lipinski definition) is 2. The topological polar surface area (TPSA) is 32.3 Å². The van der Waals surface area contributed by atoms with Gasteiger partial charge in [-0.3, -0.25) is 4.79 Å². The summed E-state index contributed by atoms with van der Waals surface area (Å²) in [7, 11) is 1.88. The summed E-state index contributed by atoms with van der Waals surface area (Å²) in [5.41, 5.74) is 1.15. The van der Waals surface area contributed by atoms with Gasteiger partial charge in [-0.1, -0.05) is 41.1 Å². The Morgan fingerprint density at radius 1 is 1.44 bits per heavy atom. The predicted molar refractivity (Wildman–Crippen MR) is 76.1 cm³/mol. The van der Waals surface area contributed by atoms with Gasteiger partial charge in [0.1, 0.15) is 0 Å². The Labute approximate surface area is 117 Å². The lowest BCUT2D eigenvalue weighted by Gasteiger charge is -2.23. The molecule has 1 fully saturated rings. The average Bonchev–Trinajstić information content (AvgIpc) is 2.77. The van der Waals surface area contributed by atoms with Crippen LogP contribution in [0.4, 0.5) is 0 Å². The van der Waals surface area contributed by atoms with Crippen molar-refractivity contribution in [2.45, 2.75) is 13.5 Å². The van der Waals surface area contributed by atoms with E-state index in [0.717, 1.165) is 23.1 Å². The Bertz CT molecular complexity index is 436. The van der Waals surface area contributed by atoms with Gasteiger partial charge in [-0.2, -0.15) is 0 Å². The molecule has 0 aliphatic carbocycles. The fourth-order valence-corrected chi connectivity index (χ4v) is 2.79. The minimum absolute atomic E-state index is 0.123. The minimum Gasteiger partial charge on any atom is -0.341 e. The Morgan fingerprint density at radius 2 is 2.17 bits per heavy atom. The molecule has 1 aliphatic heterocycles. The van der Waals surface area contributed by atoms with Gasteiger partial charge < -0.3 is 10.2 Å². The quantitative estimate of drug-likeness (QED) is 0.929. The van der Waals surface area contributed by atoms with E-state index in [1.54, 1.807) is 0 Å². The van der Waals surface area contributed by atoms with Crippen LogP contribution < -0.4 is 5.32 Å². The van der Waals surface area contributed by atoms with Crippen molar-refractivity contribution in [1.82, 2.24) is 10.2 Å². The number of rotatable bonds is 3. The van der Waals surface area contributed by atoms with Gasteiger partial charge in [0.05, 0.1) is 5.92 Å². The summed E-state index contributed by atoms with van der Waals surface area (Å²) in [6.45, 7) is 4.54. The Kier molecular flexibility index (Phi) is 4.40. The zero-order chi connectivity index (χ0) is 13.1. The molecule has 1 saturated heterocycles. The molecule has 0 spiro atoms. The van der Waals surface area contributed by atoms with Gasteiger partial charge >= 0.3 is 0 Å². The Balaban J connectivity index is 2.01. The molecule has 2 rings (SSSR count). The third kappa shape index (κ3) is 2.93. The molecule has 0 bridgehead atoms. The van der Waals surface area contributed by atoms with Crippen LogP contribution in [0.25, 0.3) is 0 Å². The van der Waals surface area contributed by atoms with Crippen molar-refractivity contribution >= 4 is 21.8 Å². The smallest absolute Gasteiger partial charge is 0.227 e. The van der Waals surface area contributed by atoms with Crippen molar-refractivity contribution in [1.29, 1.82) is 0 Å². The number of halogens is 1. The fraction of sp³-hybridized carbons (Fsp3) is 0.500. The third-order valence-corrected chi connectivity index (χ3v) is 4.35. The summed E-state index contributed by atoms with van der Waals surface area (Å²) >= 11 is 3.52. The highest BCUT2D eigenvalue weighted by atomic mass is 79.9. The van der Waals surface area contributed by atoms with Crippen molar-refractivity contribution in [2.24, 2.45) is 11.8 Å². The lowest BCUT2D eigenvalue weighted by atomic mass is 9.96. The molecule has 1 aromatic carbocycles. The predicted octanol–water partition coefficient (Wildman–Crippen LogP) is 2.26. The minimum atomic E-state index is 0.123. The van der Waals surface area contributed by atoms with Crippen LogP contribution in [0.1, 0.15) is 12.5 Å². The van der Waals surface area contributed by atoms with Crippen molar-refractivity contribution in [3.63, 3.8) is 0 Å². The van der Waals surface area contributed by atoms with Crippen LogP contribution in [0.2, 0.25) is 0 Å². The van der Waals surface area contributed by atoms with Crippen molar-refractivity contribution in [2.75, 3.05) is 20.1 Å². The molecule has 18 heavy (non-hydrogen) atoms. The first-order chi connectivity index (χ1) is 8.59. The van der Waals surface area contributed by atoms with Gasteiger partial charge in [0.25, 0.3) is 0 Å². The van der Waals surface area contributed by atoms with E-state index in [-0.39, 0.29) is 11.8 Å². The van der Waals surface area contributed by atoms with Gasteiger partial charge in [-0.25, -0.2) is 0 Å². The maximum atomic E-state index is 12.3. The first-order valence-corrected chi connectivity index (χ1v) is 7.08. The highest BCUT2D eigenvalue weighted by molar-refractivity contribution is 9.10. The molecule has 4 heteroatoms. The zero-order valence-electron chi connectivity index (χ0n) is 10.8. The van der Waals surface area contributed by atoms with E-state index in [9.17, 15) is 4.79 Å². The van der Waals surface area contributed by atoms with Gasteiger partial charge in [-0.15, -0.1) is 0 Å². The largest absolute Gasteiger partial charge is 0.341 e. The van der Waals surface area contributed by atoms with E-state index in [4.69, 9.17) is 0 Å². The molecule has 0 radical (unpaired) electrons. The van der Waals surface area contributed by atoms with Gasteiger partial charge in [0.15, 0.2) is 0 Å². The van der Waals surface area contributed by atoms with Crippen LogP contribution in [0, 0.1) is 11.8 Å². The summed E-state index contributed by atoms with van der Waals surface area (Å²) in [6.07, 6.45) is 0. The standard InChI is InChI=1S/C14H19BrN2O/c1-10-7-16-8-12(10)14(18)17(2)9-11-5-3-4-6-13(11)15/h3-6,10,12,16H,7-9H2,1-2H3. The van der Waals surface area contributed by atoms with Gasteiger partial charge in [-0.05, 0) is 24.1 Å². The number of nitrogens with zero attached hydrogens (tertiary/aromatic N) is 1. The fourth-order valence-electron chi connectivity index (χ4n) is 2.38. The first kappa shape index (κ1) is 13.6. The molecule has 1 aliphatic rings. The summed E-state index contributed by atoms with van der Waals surface area (Å²) in [5, 5.41) is 3.28. The zero-order valence-corrected chi connectivity index (χ0v) is 12.4. The Hall–Kier alpha value is -0.870. The maximum absolute atomic E-state index is 12.3. The van der Waals surface area contributed by atoms with E-state index >= 15 is 0 Å². The maximum Gasteiger partial charge on any atom is 0.227 e. The summed E-state index contributed by atoms with van der Waals surface area (Å²) < 4.78 is 1.06. The normalized spacial score (nSPS) is 23.1. The van der Waals surface area contributed by atoms with Crippen molar-refractivity contribution < 1.29 is 4.79 Å². The van der Waals surface area contributed by atoms with Crippen LogP contribution in [-0.4, -0.2) is 30.9 Å². The number of hydrogen-bond donors (Lipinski definition) is 1. The molecule has 1 aromatic rings. The van der Waals surface area contributed by atoms with Crippen LogP contribution in [0.5, 0.6) is 0 Å². The lowest BCUT2D eigenvalue weighted by Crippen LogP contribution is -2.35. The van der Waals surface area contributed by atoms with Gasteiger partial charge in [0, 0.05) is 24.6 Å². The van der Waals surface area contributed by atoms with Gasteiger partial charge in [0.2, 0.25) is 5.91 Å². The summed E-state index contributed by atoms with van der Waals surface area (Å²) in [4.78, 5) is 14.2. The lowest BCUT2D eigenvalue weighted by molar-refractivity contribution is -0.135. The molecule has 0 aromatic heterocycles. The second-order valence-corrected chi connectivity index (χ2v) is 5.88. The molecule has 1 heterocycles. The first-order valence-electron chi connectivity index (χ1n) is 6.28. The highest BCUT2D eigenvalue weighted by Crippen LogP contribution is 2.21. The molecule has 2 atom stereocenters. The number of carbonyl (C=O) groups excluding carboxylic acids is 1. The van der Waals surface area contributed by atoms with Crippen LogP contribution in [-0.2, 0) is 11.3 Å². The van der Waals surface area contributed by atoms with Crippen LogP contribution in [0.15, 0.2) is 28.7 Å². The van der Waals surface area contributed by atoms with Crippen molar-refractivity contribution in [3.8, 4) is 0 Å². The summed E-state index contributed by atoms with van der Waals surface area (Å²) in [5.74, 6) is 0.792. The van der Waals surface area contributed by atoms with E-state index in [2.05, 4.69) is 28.2 Å².